The van der Waals surface area contributed by atoms with Gasteiger partial charge in [-0.3, -0.25) is 4.79 Å². The fourth-order valence-electron chi connectivity index (χ4n) is 4.32. The van der Waals surface area contributed by atoms with Crippen LogP contribution in [0, 0.1) is 12.8 Å². The van der Waals surface area contributed by atoms with Crippen LogP contribution in [0.4, 0.5) is 5.95 Å². The maximum absolute atomic E-state index is 13.3. The SMILES string of the molecule is Cc1ccnc(N2CC3CN(C(=O)c4ccccc4-c4ccccc4)C3C2)n1. The number of carbonyl (C=O) groups is 1. The summed E-state index contributed by atoms with van der Waals surface area (Å²) < 4.78 is 0. The molecule has 3 heterocycles. The molecule has 2 fully saturated rings. The van der Waals surface area contributed by atoms with Crippen LogP contribution < -0.4 is 4.90 Å². The summed E-state index contributed by atoms with van der Waals surface area (Å²) in [4.78, 5) is 26.5. The lowest BCUT2D eigenvalue weighted by atomic mass is 9.89. The van der Waals surface area contributed by atoms with Gasteiger partial charge in [0, 0.05) is 43.0 Å². The Morgan fingerprint density at radius 1 is 0.964 bits per heavy atom. The average molecular weight is 370 g/mol. The van der Waals surface area contributed by atoms with Crippen molar-refractivity contribution in [1.82, 2.24) is 14.9 Å². The largest absolute Gasteiger partial charge is 0.338 e. The molecule has 28 heavy (non-hydrogen) atoms. The summed E-state index contributed by atoms with van der Waals surface area (Å²) >= 11 is 0. The van der Waals surface area contributed by atoms with Crippen LogP contribution in [0.5, 0.6) is 0 Å². The summed E-state index contributed by atoms with van der Waals surface area (Å²) in [5, 5.41) is 0. The number of nitrogens with zero attached hydrogens (tertiary/aromatic N) is 4. The van der Waals surface area contributed by atoms with E-state index in [1.54, 1.807) is 6.20 Å². The summed E-state index contributed by atoms with van der Waals surface area (Å²) in [6, 6.07) is 20.2. The van der Waals surface area contributed by atoms with E-state index in [-0.39, 0.29) is 11.9 Å². The minimum atomic E-state index is 0.118. The smallest absolute Gasteiger partial charge is 0.254 e. The topological polar surface area (TPSA) is 49.3 Å². The molecule has 0 bridgehead atoms. The van der Waals surface area contributed by atoms with Gasteiger partial charge < -0.3 is 9.80 Å². The zero-order chi connectivity index (χ0) is 19.1. The van der Waals surface area contributed by atoms with Crippen molar-refractivity contribution in [3.05, 3.63) is 78.1 Å². The van der Waals surface area contributed by atoms with E-state index in [1.165, 1.54) is 0 Å². The quantitative estimate of drug-likeness (QED) is 0.709. The van der Waals surface area contributed by atoms with Crippen molar-refractivity contribution < 1.29 is 4.79 Å². The fraction of sp³-hybridized carbons (Fsp3) is 0.261. The Kier molecular flexibility index (Phi) is 4.08. The molecule has 2 aliphatic rings. The molecule has 0 radical (unpaired) electrons. The summed E-state index contributed by atoms with van der Waals surface area (Å²) in [6.45, 7) is 4.49. The molecule has 2 aliphatic heterocycles. The van der Waals surface area contributed by atoms with Crippen molar-refractivity contribution in [2.75, 3.05) is 24.5 Å². The molecule has 2 saturated heterocycles. The van der Waals surface area contributed by atoms with Gasteiger partial charge in [-0.05, 0) is 30.2 Å². The highest BCUT2D eigenvalue weighted by Gasteiger charge is 2.48. The molecule has 0 aliphatic carbocycles. The maximum atomic E-state index is 13.3. The van der Waals surface area contributed by atoms with Crippen molar-refractivity contribution in [3.8, 4) is 11.1 Å². The number of benzene rings is 2. The molecule has 140 valence electrons. The van der Waals surface area contributed by atoms with Crippen molar-refractivity contribution in [2.24, 2.45) is 5.92 Å². The molecule has 0 saturated carbocycles. The Hall–Kier alpha value is -3.21. The summed E-state index contributed by atoms with van der Waals surface area (Å²) in [5.74, 6) is 1.39. The van der Waals surface area contributed by atoms with Gasteiger partial charge in [0.05, 0.1) is 6.04 Å². The first-order chi connectivity index (χ1) is 13.7. The number of aromatic nitrogens is 2. The lowest BCUT2D eigenvalue weighted by molar-refractivity contribution is 0.0328. The first-order valence-electron chi connectivity index (χ1n) is 9.71. The molecule has 0 spiro atoms. The predicted octanol–water partition coefficient (Wildman–Crippen LogP) is 3.41. The lowest BCUT2D eigenvalue weighted by Gasteiger charge is -2.43. The molecule has 2 atom stereocenters. The Bertz CT molecular complexity index is 1020. The molecular weight excluding hydrogens is 348 g/mol. The van der Waals surface area contributed by atoms with E-state index in [2.05, 4.69) is 27.0 Å². The third-order valence-corrected chi connectivity index (χ3v) is 5.81. The Morgan fingerprint density at radius 3 is 2.57 bits per heavy atom. The second-order valence-electron chi connectivity index (χ2n) is 7.60. The van der Waals surface area contributed by atoms with Gasteiger partial charge in [-0.15, -0.1) is 0 Å². The van der Waals surface area contributed by atoms with Crippen molar-refractivity contribution in [2.45, 2.75) is 13.0 Å². The molecular formula is C23H22N4O. The number of fused-ring (bicyclic) bond motifs is 1. The van der Waals surface area contributed by atoms with Gasteiger partial charge in [-0.25, -0.2) is 9.97 Å². The molecule has 1 amide bonds. The van der Waals surface area contributed by atoms with Crippen LogP contribution in [0.3, 0.4) is 0 Å². The van der Waals surface area contributed by atoms with Crippen LogP contribution >= 0.6 is 0 Å². The van der Waals surface area contributed by atoms with E-state index in [4.69, 9.17) is 0 Å². The van der Waals surface area contributed by atoms with Crippen LogP contribution in [-0.4, -0.2) is 46.5 Å². The van der Waals surface area contributed by atoms with E-state index in [0.717, 1.165) is 48.0 Å². The minimum Gasteiger partial charge on any atom is -0.338 e. The van der Waals surface area contributed by atoms with Gasteiger partial charge in [0.15, 0.2) is 0 Å². The molecule has 2 aromatic carbocycles. The lowest BCUT2D eigenvalue weighted by Crippen LogP contribution is -2.58. The normalized spacial score (nSPS) is 20.6. The van der Waals surface area contributed by atoms with Gasteiger partial charge >= 0.3 is 0 Å². The highest BCUT2D eigenvalue weighted by molar-refractivity contribution is 6.01. The highest BCUT2D eigenvalue weighted by Crippen LogP contribution is 2.36. The number of hydrogen-bond acceptors (Lipinski definition) is 4. The third kappa shape index (κ3) is 2.83. The van der Waals surface area contributed by atoms with Gasteiger partial charge in [-0.1, -0.05) is 48.5 Å². The van der Waals surface area contributed by atoms with Crippen LogP contribution in [0.1, 0.15) is 16.1 Å². The standard InChI is InChI=1S/C23H22N4O/c1-16-11-12-24-23(25-16)26-13-18-14-27(21(18)15-26)22(28)20-10-6-5-9-19(20)17-7-3-2-4-8-17/h2-12,18,21H,13-15H2,1H3. The van der Waals surface area contributed by atoms with Crippen LogP contribution in [-0.2, 0) is 0 Å². The molecule has 0 N–H and O–H groups in total. The first kappa shape index (κ1) is 16.9. The zero-order valence-corrected chi connectivity index (χ0v) is 15.8. The number of hydrogen-bond donors (Lipinski definition) is 0. The van der Waals surface area contributed by atoms with Crippen LogP contribution in [0.25, 0.3) is 11.1 Å². The summed E-state index contributed by atoms with van der Waals surface area (Å²) in [7, 11) is 0. The minimum absolute atomic E-state index is 0.118. The first-order valence-corrected chi connectivity index (χ1v) is 9.71. The molecule has 5 rings (SSSR count). The van der Waals surface area contributed by atoms with Gasteiger partial charge in [0.1, 0.15) is 0 Å². The maximum Gasteiger partial charge on any atom is 0.254 e. The fourth-order valence-corrected chi connectivity index (χ4v) is 4.32. The number of anilines is 1. The van der Waals surface area contributed by atoms with Gasteiger partial charge in [0.2, 0.25) is 5.95 Å². The second-order valence-corrected chi connectivity index (χ2v) is 7.60. The summed E-state index contributed by atoms with van der Waals surface area (Å²) in [6.07, 6.45) is 1.80. The molecule has 1 aromatic heterocycles. The third-order valence-electron chi connectivity index (χ3n) is 5.81. The molecule has 5 nitrogen and oxygen atoms in total. The van der Waals surface area contributed by atoms with Gasteiger partial charge in [0.25, 0.3) is 5.91 Å². The van der Waals surface area contributed by atoms with Gasteiger partial charge in [-0.2, -0.15) is 0 Å². The highest BCUT2D eigenvalue weighted by atomic mass is 16.2. The predicted molar refractivity (Wildman–Crippen MR) is 109 cm³/mol. The van der Waals surface area contributed by atoms with E-state index in [0.29, 0.717) is 5.92 Å². The second kappa shape index (κ2) is 6.75. The molecule has 3 aromatic rings. The van der Waals surface area contributed by atoms with Crippen molar-refractivity contribution in [3.63, 3.8) is 0 Å². The number of amides is 1. The zero-order valence-electron chi connectivity index (χ0n) is 15.8. The van der Waals surface area contributed by atoms with E-state index < -0.39 is 0 Å². The number of carbonyl (C=O) groups excluding carboxylic acids is 1. The number of aryl methyl sites for hydroxylation is 1. The van der Waals surface area contributed by atoms with Crippen LogP contribution in [0.2, 0.25) is 0 Å². The summed E-state index contributed by atoms with van der Waals surface area (Å²) in [5.41, 5.74) is 3.81. The molecule has 2 unspecified atom stereocenters. The number of rotatable bonds is 3. The van der Waals surface area contributed by atoms with Crippen molar-refractivity contribution in [1.29, 1.82) is 0 Å². The monoisotopic (exact) mass is 370 g/mol. The van der Waals surface area contributed by atoms with E-state index in [9.17, 15) is 4.79 Å². The Balaban J connectivity index is 1.37. The number of likely N-dealkylation sites (tertiary alicyclic amines) is 1. The molecule has 5 heteroatoms. The van der Waals surface area contributed by atoms with E-state index in [1.807, 2.05) is 60.4 Å². The Labute approximate surface area is 164 Å². The average Bonchev–Trinajstić information content (AvgIpc) is 3.05. The van der Waals surface area contributed by atoms with Crippen LogP contribution in [0.15, 0.2) is 66.9 Å². The van der Waals surface area contributed by atoms with E-state index >= 15 is 0 Å². The van der Waals surface area contributed by atoms with Crippen molar-refractivity contribution >= 4 is 11.9 Å². The Morgan fingerprint density at radius 2 is 1.75 bits per heavy atom.